The lowest BCUT2D eigenvalue weighted by Gasteiger charge is -2.25. The molecule has 1 fully saturated rings. The smallest absolute Gasteiger partial charge is 0.269 e. The fourth-order valence-electron chi connectivity index (χ4n) is 4.41. The van der Waals surface area contributed by atoms with Crippen molar-refractivity contribution in [1.82, 2.24) is 25.5 Å². The number of nitrogens with one attached hydrogen (secondary N) is 1. The number of rotatable bonds is 7. The fraction of sp³-hybridized carbons (Fsp3) is 0.522. The van der Waals surface area contributed by atoms with E-state index in [1.165, 1.54) is 0 Å². The van der Waals surface area contributed by atoms with Gasteiger partial charge in [-0.15, -0.1) is 10.2 Å². The first kappa shape index (κ1) is 22.1. The van der Waals surface area contributed by atoms with Crippen molar-refractivity contribution in [3.63, 3.8) is 0 Å². The van der Waals surface area contributed by atoms with Gasteiger partial charge < -0.3 is 15.8 Å². The summed E-state index contributed by atoms with van der Waals surface area (Å²) in [4.78, 5) is 18.9. The van der Waals surface area contributed by atoms with E-state index in [2.05, 4.69) is 25.7 Å². The van der Waals surface area contributed by atoms with Crippen molar-refractivity contribution in [2.24, 2.45) is 16.6 Å². The van der Waals surface area contributed by atoms with Gasteiger partial charge in [-0.25, -0.2) is 0 Å². The molecule has 0 radical (unpaired) electrons. The number of allylic oxidation sites excluding steroid dienone is 1. The number of carbonyl (C=O) groups is 1. The van der Waals surface area contributed by atoms with E-state index in [1.54, 1.807) is 11.9 Å². The number of benzene rings is 1. The van der Waals surface area contributed by atoms with Crippen molar-refractivity contribution < 1.29 is 9.53 Å². The first-order chi connectivity index (χ1) is 15.5. The van der Waals surface area contributed by atoms with Gasteiger partial charge in [0.15, 0.2) is 5.82 Å². The molecule has 32 heavy (non-hydrogen) atoms. The Hall–Kier alpha value is -3.07. The Morgan fingerprint density at radius 1 is 1.34 bits per heavy atom. The molecule has 1 aromatic carbocycles. The maximum Gasteiger partial charge on any atom is 0.269 e. The second kappa shape index (κ2) is 10.0. The Kier molecular flexibility index (Phi) is 6.94. The van der Waals surface area contributed by atoms with Crippen molar-refractivity contribution >= 4 is 11.6 Å². The predicted octanol–water partition coefficient (Wildman–Crippen LogP) is 2.35. The molecule has 1 aromatic heterocycles. The number of methoxy groups -OCH3 is 1. The van der Waals surface area contributed by atoms with E-state index in [-0.39, 0.29) is 17.9 Å². The average molecular weight is 438 g/mol. The minimum absolute atomic E-state index is 0.118. The zero-order chi connectivity index (χ0) is 22.5. The van der Waals surface area contributed by atoms with Crippen LogP contribution in [0.2, 0.25) is 0 Å². The van der Waals surface area contributed by atoms with Crippen LogP contribution in [0.25, 0.3) is 0 Å². The van der Waals surface area contributed by atoms with Gasteiger partial charge in [0, 0.05) is 24.2 Å². The number of ether oxygens (including phenoxy) is 1. The van der Waals surface area contributed by atoms with E-state index >= 15 is 0 Å². The van der Waals surface area contributed by atoms with Crippen LogP contribution in [0.1, 0.15) is 56.3 Å². The Bertz CT molecular complexity index is 1010. The highest BCUT2D eigenvalue weighted by atomic mass is 16.5. The zero-order valence-electron chi connectivity index (χ0n) is 18.7. The van der Waals surface area contributed by atoms with E-state index in [4.69, 9.17) is 10.5 Å². The number of aromatic nitrogens is 4. The Morgan fingerprint density at radius 2 is 2.22 bits per heavy atom. The summed E-state index contributed by atoms with van der Waals surface area (Å²) in [5, 5.41) is 16.1. The van der Waals surface area contributed by atoms with Crippen molar-refractivity contribution in [3.05, 3.63) is 47.4 Å². The summed E-state index contributed by atoms with van der Waals surface area (Å²) in [5.41, 5.74) is 8.32. The van der Waals surface area contributed by atoms with Crippen molar-refractivity contribution in [1.29, 1.82) is 0 Å². The molecule has 3 atom stereocenters. The van der Waals surface area contributed by atoms with Gasteiger partial charge in [-0.2, -0.15) is 4.80 Å². The van der Waals surface area contributed by atoms with Crippen LogP contribution in [0.3, 0.4) is 0 Å². The Labute approximate surface area is 188 Å². The Morgan fingerprint density at radius 3 is 3.03 bits per heavy atom. The lowest BCUT2D eigenvalue weighted by Crippen LogP contribution is -2.30. The molecule has 9 nitrogen and oxygen atoms in total. The largest absolute Gasteiger partial charge is 0.497 e. The molecular weight excluding hydrogens is 406 g/mol. The monoisotopic (exact) mass is 437 g/mol. The molecule has 1 amide bonds. The number of amides is 1. The summed E-state index contributed by atoms with van der Waals surface area (Å²) in [5.74, 6) is 1.53. The van der Waals surface area contributed by atoms with Crippen molar-refractivity contribution in [3.8, 4) is 5.75 Å². The molecular formula is C23H31N7O2. The van der Waals surface area contributed by atoms with Crippen LogP contribution in [0.4, 0.5) is 0 Å². The minimum Gasteiger partial charge on any atom is -0.497 e. The van der Waals surface area contributed by atoms with Gasteiger partial charge in [-0.1, -0.05) is 18.6 Å². The maximum atomic E-state index is 12.8. The zero-order valence-corrected chi connectivity index (χ0v) is 18.7. The molecule has 1 unspecified atom stereocenters. The summed E-state index contributed by atoms with van der Waals surface area (Å²) >= 11 is 0. The van der Waals surface area contributed by atoms with Crippen molar-refractivity contribution in [2.45, 2.75) is 64.1 Å². The minimum atomic E-state index is -0.222. The molecule has 170 valence electrons. The number of nitrogens with zero attached hydrogens (tertiary/aromatic N) is 5. The average Bonchev–Trinajstić information content (AvgIpc) is 3.25. The van der Waals surface area contributed by atoms with Crippen LogP contribution in [0.15, 0.2) is 41.0 Å². The number of aliphatic imine (C=N–C) groups is 1. The lowest BCUT2D eigenvalue weighted by molar-refractivity contribution is -0.117. The highest BCUT2D eigenvalue weighted by Gasteiger charge is 2.25. The molecule has 1 aliphatic carbocycles. The van der Waals surface area contributed by atoms with E-state index in [1.807, 2.05) is 37.3 Å². The van der Waals surface area contributed by atoms with Crippen LogP contribution in [-0.4, -0.2) is 45.0 Å². The molecule has 1 saturated carbocycles. The second-order valence-corrected chi connectivity index (χ2v) is 8.74. The number of tetrazole rings is 1. The third-order valence-corrected chi connectivity index (χ3v) is 6.05. The van der Waals surface area contributed by atoms with Gasteiger partial charge in [0.1, 0.15) is 11.4 Å². The van der Waals surface area contributed by atoms with E-state index < -0.39 is 0 Å². The van der Waals surface area contributed by atoms with E-state index in [9.17, 15) is 4.79 Å². The second-order valence-electron chi connectivity index (χ2n) is 8.74. The summed E-state index contributed by atoms with van der Waals surface area (Å²) in [7, 11) is 1.62. The standard InChI is InChI=1S/C23H31N7O2/c1-15-9-18(22-27-29-30(28-22)14-17-6-3-7-19(24)10-17)12-21(26-15)23(31)25-13-16-5-4-8-20(11-16)32-2/h4-5,8,11-12,17-19H,3,6-7,9-10,13-14,24H2,1-2H3,(H,25,31)/t17-,18?,19+/m0/s1. The highest BCUT2D eigenvalue weighted by molar-refractivity contribution is 5.98. The summed E-state index contributed by atoms with van der Waals surface area (Å²) in [6.07, 6.45) is 6.92. The van der Waals surface area contributed by atoms with Crippen LogP contribution in [-0.2, 0) is 17.9 Å². The van der Waals surface area contributed by atoms with Gasteiger partial charge in [0.2, 0.25) is 0 Å². The lowest BCUT2D eigenvalue weighted by atomic mass is 9.86. The molecule has 2 heterocycles. The maximum absolute atomic E-state index is 12.8. The Balaban J connectivity index is 1.39. The van der Waals surface area contributed by atoms with E-state index in [0.717, 1.165) is 49.3 Å². The van der Waals surface area contributed by atoms with Gasteiger partial charge in [-0.3, -0.25) is 9.79 Å². The molecule has 0 saturated heterocycles. The molecule has 9 heteroatoms. The fourth-order valence-corrected chi connectivity index (χ4v) is 4.41. The SMILES string of the molecule is COc1cccc(CNC(=O)C2=CC(c3nnn(C[C@H]4CCC[C@@H](N)C4)n3)CC(C)=N2)c1. The number of hydrogen-bond acceptors (Lipinski definition) is 7. The highest BCUT2D eigenvalue weighted by Crippen LogP contribution is 2.27. The first-order valence-electron chi connectivity index (χ1n) is 11.2. The molecule has 2 aliphatic rings. The molecule has 4 rings (SSSR count). The van der Waals surface area contributed by atoms with Crippen LogP contribution in [0.5, 0.6) is 5.75 Å². The molecule has 3 N–H and O–H groups in total. The van der Waals surface area contributed by atoms with Crippen LogP contribution < -0.4 is 15.8 Å². The third-order valence-electron chi connectivity index (χ3n) is 6.05. The summed E-state index contributed by atoms with van der Waals surface area (Å²) in [6.45, 7) is 3.05. The normalized spacial score (nSPS) is 23.3. The summed E-state index contributed by atoms with van der Waals surface area (Å²) < 4.78 is 5.24. The van der Waals surface area contributed by atoms with Gasteiger partial charge in [-0.05, 0) is 67.5 Å². The number of hydrogen-bond donors (Lipinski definition) is 2. The predicted molar refractivity (Wildman–Crippen MR) is 121 cm³/mol. The van der Waals surface area contributed by atoms with Gasteiger partial charge in [0.05, 0.1) is 13.7 Å². The topological polar surface area (TPSA) is 120 Å². The van der Waals surface area contributed by atoms with E-state index in [0.29, 0.717) is 30.4 Å². The quantitative estimate of drug-likeness (QED) is 0.686. The molecule has 2 aromatic rings. The summed E-state index contributed by atoms with van der Waals surface area (Å²) in [6, 6.07) is 7.88. The van der Waals surface area contributed by atoms with Crippen LogP contribution >= 0.6 is 0 Å². The van der Waals surface area contributed by atoms with Crippen LogP contribution in [0, 0.1) is 5.92 Å². The molecule has 0 spiro atoms. The molecule has 1 aliphatic heterocycles. The molecule has 0 bridgehead atoms. The third kappa shape index (κ3) is 5.59. The van der Waals surface area contributed by atoms with Gasteiger partial charge >= 0.3 is 0 Å². The number of nitrogens with two attached hydrogens (primary N) is 1. The van der Waals surface area contributed by atoms with Crippen molar-refractivity contribution in [2.75, 3.05) is 7.11 Å². The first-order valence-corrected chi connectivity index (χ1v) is 11.2. The van der Waals surface area contributed by atoms with Gasteiger partial charge in [0.25, 0.3) is 5.91 Å². The number of carbonyl (C=O) groups excluding carboxylic acids is 1.